The van der Waals surface area contributed by atoms with E-state index in [2.05, 4.69) is 20.0 Å². The second-order valence-electron chi connectivity index (χ2n) is 9.35. The number of hydrogen-bond donors (Lipinski definition) is 4. The van der Waals surface area contributed by atoms with E-state index in [1.807, 2.05) is 30.3 Å². The quantitative estimate of drug-likeness (QED) is 0.149. The van der Waals surface area contributed by atoms with E-state index < -0.39 is 43.8 Å². The standard InChI is InChI=1S/C26H29N6O8P/c1-16(25(35)37-13-17-8-4-2-5-9-17)31-41(36,40-18-10-6-3-7-11-18)38-14-20-19(33)12-21(39-20)32-15-28-22-23(32)29-26(27)30-24(22)34/h2-11,15-16,19-21,33H,12-14H2,1H3,(H,31,36)(H3,27,29,30,34)/t16-,19+,20+,21+,41?/m0/s1. The Kier molecular flexibility index (Phi) is 8.47. The van der Waals surface area contributed by atoms with Gasteiger partial charge in [0.1, 0.15) is 30.7 Å². The maximum Gasteiger partial charge on any atom is 0.459 e. The molecule has 1 aliphatic heterocycles. The SMILES string of the molecule is C[C@H](NP(=O)(OC[C@H]1O[C@@H](n2cnc3c(=O)[nH]c(N)nc32)C[C@H]1O)Oc1ccccc1)C(=O)OCc1ccccc1. The number of ether oxygens (including phenoxy) is 2. The Morgan fingerprint density at radius 2 is 1.95 bits per heavy atom. The monoisotopic (exact) mass is 584 g/mol. The Morgan fingerprint density at radius 3 is 2.68 bits per heavy atom. The fraction of sp³-hybridized carbons (Fsp3) is 0.308. The van der Waals surface area contributed by atoms with E-state index in [0.717, 1.165) is 5.56 Å². The van der Waals surface area contributed by atoms with Crippen LogP contribution in [-0.2, 0) is 30.0 Å². The molecule has 4 aromatic rings. The van der Waals surface area contributed by atoms with Crippen LogP contribution in [0.1, 0.15) is 25.1 Å². The van der Waals surface area contributed by atoms with Crippen LogP contribution in [0.4, 0.5) is 5.95 Å². The van der Waals surface area contributed by atoms with Crippen LogP contribution >= 0.6 is 7.75 Å². The molecular formula is C26H29N6O8P. The molecule has 5 N–H and O–H groups in total. The molecule has 0 aliphatic carbocycles. The van der Waals surface area contributed by atoms with Crippen molar-refractivity contribution in [1.82, 2.24) is 24.6 Å². The molecule has 216 valence electrons. The van der Waals surface area contributed by atoms with Crippen LogP contribution in [0.25, 0.3) is 11.2 Å². The van der Waals surface area contributed by atoms with Crippen molar-refractivity contribution >= 4 is 30.8 Å². The molecule has 41 heavy (non-hydrogen) atoms. The van der Waals surface area contributed by atoms with Gasteiger partial charge in [-0.2, -0.15) is 10.1 Å². The number of H-pyrrole nitrogens is 1. The van der Waals surface area contributed by atoms with Crippen LogP contribution < -0.4 is 20.9 Å². The molecule has 5 atom stereocenters. The lowest BCUT2D eigenvalue weighted by molar-refractivity contribution is -0.146. The summed E-state index contributed by atoms with van der Waals surface area (Å²) in [6.07, 6.45) is -1.26. The number of nitrogens with one attached hydrogen (secondary N) is 2. The van der Waals surface area contributed by atoms with Crippen LogP contribution in [0.15, 0.2) is 71.8 Å². The average Bonchev–Trinajstić information content (AvgIpc) is 3.54. The van der Waals surface area contributed by atoms with Crippen LogP contribution in [0.3, 0.4) is 0 Å². The Bertz CT molecular complexity index is 1600. The van der Waals surface area contributed by atoms with Gasteiger partial charge in [-0.25, -0.2) is 9.55 Å². The number of nitrogens with zero attached hydrogens (tertiary/aromatic N) is 3. The molecule has 2 aromatic heterocycles. The van der Waals surface area contributed by atoms with E-state index in [4.69, 9.17) is 24.3 Å². The first-order valence-corrected chi connectivity index (χ1v) is 14.3. The fourth-order valence-electron chi connectivity index (χ4n) is 4.21. The van der Waals surface area contributed by atoms with Crippen LogP contribution in [0, 0.1) is 0 Å². The molecule has 0 saturated carbocycles. The number of aromatic amines is 1. The number of esters is 1. The van der Waals surface area contributed by atoms with Gasteiger partial charge in [0.05, 0.1) is 19.0 Å². The summed E-state index contributed by atoms with van der Waals surface area (Å²) in [5.41, 5.74) is 6.21. The van der Waals surface area contributed by atoms with Crippen molar-refractivity contribution in [3.05, 3.63) is 82.9 Å². The number of aliphatic hydroxyl groups excluding tert-OH is 1. The Hall–Kier alpha value is -4.07. The summed E-state index contributed by atoms with van der Waals surface area (Å²) < 4.78 is 37.9. The molecule has 1 unspecified atom stereocenters. The highest BCUT2D eigenvalue weighted by atomic mass is 31.2. The Labute approximate surface area is 234 Å². The zero-order chi connectivity index (χ0) is 29.0. The number of para-hydroxylation sites is 1. The number of fused-ring (bicyclic) bond motifs is 1. The number of aromatic nitrogens is 4. The van der Waals surface area contributed by atoms with Crippen molar-refractivity contribution in [2.24, 2.45) is 0 Å². The van der Waals surface area contributed by atoms with Gasteiger partial charge in [0.15, 0.2) is 11.2 Å². The van der Waals surface area contributed by atoms with Crippen molar-refractivity contribution in [2.45, 2.75) is 44.4 Å². The van der Waals surface area contributed by atoms with Gasteiger partial charge in [-0.05, 0) is 24.6 Å². The van der Waals surface area contributed by atoms with Crippen LogP contribution in [-0.4, -0.2) is 55.5 Å². The highest BCUT2D eigenvalue weighted by Crippen LogP contribution is 2.46. The minimum atomic E-state index is -4.19. The molecule has 14 nitrogen and oxygen atoms in total. The zero-order valence-electron chi connectivity index (χ0n) is 22.0. The average molecular weight is 585 g/mol. The Morgan fingerprint density at radius 1 is 1.24 bits per heavy atom. The summed E-state index contributed by atoms with van der Waals surface area (Å²) >= 11 is 0. The smallest absolute Gasteiger partial charge is 0.459 e. The lowest BCUT2D eigenvalue weighted by atomic mass is 10.2. The predicted molar refractivity (Wildman–Crippen MR) is 147 cm³/mol. The van der Waals surface area contributed by atoms with Crippen molar-refractivity contribution in [3.63, 3.8) is 0 Å². The fourth-order valence-corrected chi connectivity index (χ4v) is 5.72. The van der Waals surface area contributed by atoms with E-state index in [1.165, 1.54) is 17.8 Å². The van der Waals surface area contributed by atoms with E-state index in [1.54, 1.807) is 30.3 Å². The summed E-state index contributed by atoms with van der Waals surface area (Å²) in [6.45, 7) is 1.15. The minimum Gasteiger partial charge on any atom is -0.460 e. The van der Waals surface area contributed by atoms with Crippen molar-refractivity contribution < 1.29 is 33.0 Å². The molecule has 1 fully saturated rings. The molecule has 0 amide bonds. The van der Waals surface area contributed by atoms with Gasteiger partial charge >= 0.3 is 13.7 Å². The second-order valence-corrected chi connectivity index (χ2v) is 11.0. The molecule has 0 bridgehead atoms. The number of nitrogen functional groups attached to an aromatic ring is 1. The molecule has 2 aromatic carbocycles. The summed E-state index contributed by atoms with van der Waals surface area (Å²) in [5.74, 6) is -0.526. The van der Waals surface area contributed by atoms with E-state index in [-0.39, 0.29) is 42.5 Å². The third-order valence-electron chi connectivity index (χ3n) is 6.27. The van der Waals surface area contributed by atoms with Gasteiger partial charge < -0.3 is 24.8 Å². The number of nitrogens with two attached hydrogens (primary N) is 1. The van der Waals surface area contributed by atoms with Gasteiger partial charge in [0.2, 0.25) is 5.95 Å². The Balaban J connectivity index is 1.26. The molecule has 15 heteroatoms. The van der Waals surface area contributed by atoms with Gasteiger partial charge in [0.25, 0.3) is 5.56 Å². The third kappa shape index (κ3) is 6.81. The number of imidazole rings is 1. The highest BCUT2D eigenvalue weighted by Gasteiger charge is 2.40. The number of hydrogen-bond acceptors (Lipinski definition) is 11. The van der Waals surface area contributed by atoms with Crippen LogP contribution in [0.2, 0.25) is 0 Å². The first kappa shape index (κ1) is 28.5. The van der Waals surface area contributed by atoms with Gasteiger partial charge in [0, 0.05) is 6.42 Å². The van der Waals surface area contributed by atoms with E-state index in [0.29, 0.717) is 0 Å². The largest absolute Gasteiger partial charge is 0.460 e. The van der Waals surface area contributed by atoms with E-state index >= 15 is 0 Å². The van der Waals surface area contributed by atoms with Gasteiger partial charge in [-0.1, -0.05) is 48.5 Å². The summed E-state index contributed by atoms with van der Waals surface area (Å²) in [7, 11) is -4.19. The minimum absolute atomic E-state index is 0.0369. The zero-order valence-corrected chi connectivity index (χ0v) is 22.8. The molecular weight excluding hydrogens is 555 g/mol. The van der Waals surface area contributed by atoms with E-state index in [9.17, 15) is 19.3 Å². The van der Waals surface area contributed by atoms with Gasteiger partial charge in [-0.3, -0.25) is 23.7 Å². The molecule has 1 aliphatic rings. The third-order valence-corrected chi connectivity index (χ3v) is 7.92. The van der Waals surface area contributed by atoms with Crippen LogP contribution in [0.5, 0.6) is 5.75 Å². The number of carbonyl (C=O) groups is 1. The number of rotatable bonds is 11. The molecule has 5 rings (SSSR count). The lowest BCUT2D eigenvalue weighted by Gasteiger charge is -2.24. The molecule has 1 saturated heterocycles. The number of carbonyl (C=O) groups excluding carboxylic acids is 1. The first-order valence-electron chi connectivity index (χ1n) is 12.7. The van der Waals surface area contributed by atoms with Crippen molar-refractivity contribution in [3.8, 4) is 5.75 Å². The maximum atomic E-state index is 13.8. The molecule has 0 radical (unpaired) electrons. The first-order chi connectivity index (χ1) is 19.7. The predicted octanol–water partition coefficient (Wildman–Crippen LogP) is 2.28. The van der Waals surface area contributed by atoms with Gasteiger partial charge in [-0.15, -0.1) is 0 Å². The summed E-state index contributed by atoms with van der Waals surface area (Å²) in [5, 5.41) is 13.3. The molecule has 3 heterocycles. The second kappa shape index (κ2) is 12.2. The number of aliphatic hydroxyl groups is 1. The summed E-state index contributed by atoms with van der Waals surface area (Å²) in [4.78, 5) is 35.3. The number of benzene rings is 2. The lowest BCUT2D eigenvalue weighted by Crippen LogP contribution is -2.36. The van der Waals surface area contributed by atoms with Crippen molar-refractivity contribution in [1.29, 1.82) is 0 Å². The van der Waals surface area contributed by atoms with Crippen molar-refractivity contribution in [2.75, 3.05) is 12.3 Å². The normalized spacial score (nSPS) is 20.9. The highest BCUT2D eigenvalue weighted by molar-refractivity contribution is 7.52. The number of anilines is 1. The topological polar surface area (TPSA) is 193 Å². The molecule has 0 spiro atoms. The maximum absolute atomic E-state index is 13.8. The summed E-state index contributed by atoms with van der Waals surface area (Å²) in [6, 6.07) is 16.4.